The van der Waals surface area contributed by atoms with Crippen molar-refractivity contribution in [3.63, 3.8) is 0 Å². The number of rotatable bonds is 7. The van der Waals surface area contributed by atoms with Gasteiger partial charge in [0.15, 0.2) is 5.82 Å². The number of nitrogens with zero attached hydrogens (tertiary/aromatic N) is 3. The van der Waals surface area contributed by atoms with Crippen molar-refractivity contribution < 1.29 is 3.07 Å². The Hall–Kier alpha value is -1.22. The van der Waals surface area contributed by atoms with E-state index in [1.54, 1.807) is 0 Å². The molecular weight excluding hydrogens is 393 g/mol. The van der Waals surface area contributed by atoms with Crippen LogP contribution in [0.2, 0.25) is 0 Å². The molecule has 0 aliphatic rings. The van der Waals surface area contributed by atoms with Gasteiger partial charge in [0.1, 0.15) is 28.5 Å². The van der Waals surface area contributed by atoms with Gasteiger partial charge in [0.25, 0.3) is 0 Å². The SMILES string of the molecule is CCCC[C@](C)(COI)Nc1nc(N)nc2cc(C)cnc12. The number of pyridine rings is 1. The van der Waals surface area contributed by atoms with Crippen LogP contribution in [0, 0.1) is 6.92 Å². The van der Waals surface area contributed by atoms with E-state index in [-0.39, 0.29) is 11.5 Å². The summed E-state index contributed by atoms with van der Waals surface area (Å²) in [6.45, 7) is 6.85. The van der Waals surface area contributed by atoms with Crippen molar-refractivity contribution in [1.29, 1.82) is 0 Å². The van der Waals surface area contributed by atoms with Crippen molar-refractivity contribution in [3.05, 3.63) is 17.8 Å². The van der Waals surface area contributed by atoms with Crippen molar-refractivity contribution in [3.8, 4) is 0 Å². The molecule has 6 nitrogen and oxygen atoms in total. The largest absolute Gasteiger partial charge is 0.368 e. The van der Waals surface area contributed by atoms with E-state index in [0.29, 0.717) is 12.4 Å². The first kappa shape index (κ1) is 17.1. The molecule has 0 spiro atoms. The van der Waals surface area contributed by atoms with Gasteiger partial charge in [0.2, 0.25) is 5.95 Å². The van der Waals surface area contributed by atoms with Crippen LogP contribution in [0.4, 0.5) is 11.8 Å². The molecule has 0 aliphatic heterocycles. The average Bonchev–Trinajstić information content (AvgIpc) is 2.44. The number of hydrogen-bond donors (Lipinski definition) is 2. The predicted molar refractivity (Wildman–Crippen MR) is 98.0 cm³/mol. The molecule has 1 atom stereocenters. The van der Waals surface area contributed by atoms with Crippen LogP contribution in [0.1, 0.15) is 38.7 Å². The highest BCUT2D eigenvalue weighted by Gasteiger charge is 2.26. The van der Waals surface area contributed by atoms with E-state index < -0.39 is 0 Å². The highest BCUT2D eigenvalue weighted by Crippen LogP contribution is 2.26. The van der Waals surface area contributed by atoms with Crippen LogP contribution >= 0.6 is 23.0 Å². The zero-order chi connectivity index (χ0) is 16.2. The number of aromatic nitrogens is 3. The Morgan fingerprint density at radius 2 is 2.18 bits per heavy atom. The van der Waals surface area contributed by atoms with Crippen LogP contribution in [-0.4, -0.2) is 27.1 Å². The van der Waals surface area contributed by atoms with Crippen molar-refractivity contribution in [2.45, 2.75) is 45.6 Å². The lowest BCUT2D eigenvalue weighted by Gasteiger charge is -2.30. The van der Waals surface area contributed by atoms with E-state index in [2.05, 4.69) is 34.1 Å². The summed E-state index contributed by atoms with van der Waals surface area (Å²) in [4.78, 5) is 13.1. The number of nitrogen functional groups attached to an aromatic ring is 1. The summed E-state index contributed by atoms with van der Waals surface area (Å²) in [7, 11) is 0. The van der Waals surface area contributed by atoms with Gasteiger partial charge in [0, 0.05) is 6.20 Å². The van der Waals surface area contributed by atoms with Gasteiger partial charge in [-0.15, -0.1) is 0 Å². The lowest BCUT2D eigenvalue weighted by molar-refractivity contribution is 0.296. The average molecular weight is 415 g/mol. The van der Waals surface area contributed by atoms with Crippen LogP contribution in [0.5, 0.6) is 0 Å². The lowest BCUT2D eigenvalue weighted by Crippen LogP contribution is -2.39. The highest BCUT2D eigenvalue weighted by atomic mass is 127. The standard InChI is InChI=1S/C15H22IN5O/c1-4-5-6-15(3,9-22-16)21-13-12-11(19-14(17)20-13)7-10(2)8-18-12/h7-8H,4-6,9H2,1-3H3,(H3,17,19,20,21)/t15-/m1/s1. The smallest absolute Gasteiger partial charge is 0.222 e. The zero-order valence-corrected chi connectivity index (χ0v) is 15.3. The van der Waals surface area contributed by atoms with Gasteiger partial charge < -0.3 is 14.1 Å². The van der Waals surface area contributed by atoms with Crippen molar-refractivity contribution >= 4 is 45.8 Å². The van der Waals surface area contributed by atoms with Crippen LogP contribution in [0.25, 0.3) is 11.0 Å². The summed E-state index contributed by atoms with van der Waals surface area (Å²) in [6.07, 6.45) is 5.02. The molecule has 0 radical (unpaired) electrons. The van der Waals surface area contributed by atoms with E-state index in [4.69, 9.17) is 8.80 Å². The summed E-state index contributed by atoms with van der Waals surface area (Å²) >= 11 is 1.92. The van der Waals surface area contributed by atoms with E-state index in [1.165, 1.54) is 0 Å². The maximum atomic E-state index is 5.84. The van der Waals surface area contributed by atoms with Gasteiger partial charge >= 0.3 is 0 Å². The molecule has 0 bridgehead atoms. The Morgan fingerprint density at radius 1 is 1.41 bits per heavy atom. The first-order chi connectivity index (χ1) is 10.5. The Kier molecular flexibility index (Phi) is 5.74. The molecule has 2 rings (SSSR count). The molecule has 0 unspecified atom stereocenters. The summed E-state index contributed by atoms with van der Waals surface area (Å²) in [6, 6.07) is 1.96. The van der Waals surface area contributed by atoms with Crippen molar-refractivity contribution in [2.75, 3.05) is 17.7 Å². The Morgan fingerprint density at radius 3 is 2.86 bits per heavy atom. The number of anilines is 2. The van der Waals surface area contributed by atoms with Gasteiger partial charge in [-0.3, -0.25) is 4.98 Å². The third-order valence-corrected chi connectivity index (χ3v) is 3.88. The third-order valence-electron chi connectivity index (χ3n) is 3.57. The zero-order valence-electron chi connectivity index (χ0n) is 13.2. The Bertz CT molecular complexity index is 646. The Labute approximate surface area is 145 Å². The van der Waals surface area contributed by atoms with E-state index in [1.807, 2.05) is 42.2 Å². The fourth-order valence-corrected chi connectivity index (χ4v) is 3.06. The summed E-state index contributed by atoms with van der Waals surface area (Å²) < 4.78 is 5.35. The molecule has 7 heteroatoms. The molecule has 0 saturated heterocycles. The maximum absolute atomic E-state index is 5.84. The van der Waals surface area contributed by atoms with Crippen LogP contribution in [0.15, 0.2) is 12.3 Å². The summed E-state index contributed by atoms with van der Waals surface area (Å²) in [5.41, 5.74) is 8.15. The fraction of sp³-hybridized carbons (Fsp3) is 0.533. The normalized spacial score (nSPS) is 14.0. The third kappa shape index (κ3) is 4.16. The first-order valence-corrected chi connectivity index (χ1v) is 8.27. The van der Waals surface area contributed by atoms with E-state index >= 15 is 0 Å². The number of aryl methyl sites for hydroxylation is 1. The minimum Gasteiger partial charge on any atom is -0.368 e. The molecule has 2 heterocycles. The molecule has 0 fully saturated rings. The molecule has 2 aromatic heterocycles. The number of unbranched alkanes of at least 4 members (excludes halogenated alkanes) is 1. The van der Waals surface area contributed by atoms with Crippen molar-refractivity contribution in [2.24, 2.45) is 0 Å². The van der Waals surface area contributed by atoms with Crippen LogP contribution in [-0.2, 0) is 3.07 Å². The minimum atomic E-state index is -0.225. The minimum absolute atomic E-state index is 0.225. The predicted octanol–water partition coefficient (Wildman–Crippen LogP) is 3.64. The lowest BCUT2D eigenvalue weighted by atomic mass is 9.96. The molecule has 22 heavy (non-hydrogen) atoms. The molecule has 3 N–H and O–H groups in total. The summed E-state index contributed by atoms with van der Waals surface area (Å²) in [5, 5.41) is 3.47. The molecule has 2 aromatic rings. The summed E-state index contributed by atoms with van der Waals surface area (Å²) in [5.74, 6) is 0.908. The second-order valence-electron chi connectivity index (χ2n) is 5.85. The van der Waals surface area contributed by atoms with Gasteiger partial charge in [-0.25, -0.2) is 4.98 Å². The second kappa shape index (κ2) is 7.36. The maximum Gasteiger partial charge on any atom is 0.222 e. The van der Waals surface area contributed by atoms with E-state index in [0.717, 1.165) is 35.9 Å². The molecule has 0 amide bonds. The second-order valence-corrected chi connectivity index (χ2v) is 6.48. The number of hydrogen-bond acceptors (Lipinski definition) is 6. The first-order valence-electron chi connectivity index (χ1n) is 7.39. The molecule has 0 aliphatic carbocycles. The number of nitrogens with one attached hydrogen (secondary N) is 1. The van der Waals surface area contributed by atoms with Gasteiger partial charge in [-0.05, 0) is 31.9 Å². The monoisotopic (exact) mass is 415 g/mol. The molecular formula is C15H22IN5O. The van der Waals surface area contributed by atoms with Gasteiger partial charge in [0.05, 0.1) is 17.7 Å². The number of nitrogens with two attached hydrogens (primary N) is 1. The van der Waals surface area contributed by atoms with Crippen LogP contribution in [0.3, 0.4) is 0 Å². The van der Waals surface area contributed by atoms with Crippen LogP contribution < -0.4 is 11.1 Å². The van der Waals surface area contributed by atoms with Gasteiger partial charge in [-0.2, -0.15) is 4.98 Å². The highest BCUT2D eigenvalue weighted by molar-refractivity contribution is 14.1. The van der Waals surface area contributed by atoms with Gasteiger partial charge in [-0.1, -0.05) is 19.8 Å². The molecule has 0 saturated carbocycles. The quantitative estimate of drug-likeness (QED) is 0.672. The topological polar surface area (TPSA) is 86.0 Å². The number of halogens is 1. The fourth-order valence-electron chi connectivity index (χ4n) is 2.37. The van der Waals surface area contributed by atoms with Crippen molar-refractivity contribution in [1.82, 2.24) is 15.0 Å². The molecule has 120 valence electrons. The van der Waals surface area contributed by atoms with E-state index in [9.17, 15) is 0 Å². The molecule has 0 aromatic carbocycles. The number of fused-ring (bicyclic) bond motifs is 1. The Balaban J connectivity index is 2.40.